The van der Waals surface area contributed by atoms with Crippen molar-refractivity contribution in [1.29, 1.82) is 0 Å². The van der Waals surface area contributed by atoms with Crippen LogP contribution in [0.2, 0.25) is 0 Å². The number of amides is 2. The molecule has 43 heavy (non-hydrogen) atoms. The third kappa shape index (κ3) is 10.0. The lowest BCUT2D eigenvalue weighted by atomic mass is 9.92. The van der Waals surface area contributed by atoms with Crippen molar-refractivity contribution in [3.8, 4) is 0 Å². The van der Waals surface area contributed by atoms with Crippen LogP contribution in [0.3, 0.4) is 0 Å². The first-order chi connectivity index (χ1) is 20.9. The summed E-state index contributed by atoms with van der Waals surface area (Å²) in [6.45, 7) is 4.90. The highest BCUT2D eigenvalue weighted by atomic mass is 16.5. The largest absolute Gasteiger partial charge is 0.394 e. The van der Waals surface area contributed by atoms with Crippen LogP contribution in [-0.4, -0.2) is 58.8 Å². The molecular weight excluding hydrogens is 540 g/mol. The number of hydrogen-bond donors (Lipinski definition) is 4. The molecule has 0 aliphatic heterocycles. The molecule has 2 amide bonds. The topological polar surface area (TPSA) is 116 Å². The maximum Gasteiger partial charge on any atom is 0.243 e. The zero-order valence-corrected chi connectivity index (χ0v) is 25.2. The lowest BCUT2D eigenvalue weighted by Gasteiger charge is -2.25. The highest BCUT2D eigenvalue weighted by Gasteiger charge is 2.28. The molecule has 0 fully saturated rings. The second-order valence-electron chi connectivity index (χ2n) is 11.5. The van der Waals surface area contributed by atoms with Crippen LogP contribution in [0.5, 0.6) is 0 Å². The van der Waals surface area contributed by atoms with Crippen LogP contribution in [0.15, 0.2) is 85.3 Å². The van der Waals surface area contributed by atoms with Gasteiger partial charge in [0.05, 0.1) is 31.3 Å². The molecule has 4 aromatic rings. The average Bonchev–Trinajstić information content (AvgIpc) is 3.53. The number of carbonyl (C=O) groups is 2. The molecule has 0 bridgehead atoms. The molecule has 0 saturated carbocycles. The van der Waals surface area contributed by atoms with Gasteiger partial charge in [-0.3, -0.25) is 9.59 Å². The number of nitrogens with zero attached hydrogens (tertiary/aromatic N) is 1. The number of carbonyl (C=O) groups excluding carboxylic acids is 2. The number of aliphatic hydroxyl groups is 1. The molecule has 3 aromatic carbocycles. The van der Waals surface area contributed by atoms with Crippen molar-refractivity contribution in [3.05, 3.63) is 102 Å². The summed E-state index contributed by atoms with van der Waals surface area (Å²) < 4.78 is 5.98. The van der Waals surface area contributed by atoms with Crippen molar-refractivity contribution in [2.45, 2.75) is 58.0 Å². The fourth-order valence-corrected chi connectivity index (χ4v) is 5.38. The molecule has 0 spiro atoms. The third-order valence-electron chi connectivity index (χ3n) is 7.63. The molecule has 4 rings (SSSR count). The van der Waals surface area contributed by atoms with Gasteiger partial charge in [0, 0.05) is 25.1 Å². The summed E-state index contributed by atoms with van der Waals surface area (Å²) in [5.41, 5.74) is 2.95. The minimum absolute atomic E-state index is 0.170. The maximum absolute atomic E-state index is 13.9. The predicted octanol–water partition coefficient (Wildman–Crippen LogP) is 4.62. The quantitative estimate of drug-likeness (QED) is 0.135. The number of aliphatic hydroxyl groups excluding tert-OH is 1. The van der Waals surface area contributed by atoms with E-state index in [1.54, 1.807) is 12.5 Å². The minimum atomic E-state index is -0.842. The average molecular weight is 585 g/mol. The first-order valence-corrected chi connectivity index (χ1v) is 15.2. The van der Waals surface area contributed by atoms with Gasteiger partial charge in [0.2, 0.25) is 11.8 Å². The molecule has 0 aliphatic rings. The summed E-state index contributed by atoms with van der Waals surface area (Å²) >= 11 is 0. The van der Waals surface area contributed by atoms with E-state index in [9.17, 15) is 14.7 Å². The molecule has 4 N–H and O–H groups in total. The number of aromatic nitrogens is 2. The Labute approximate surface area is 254 Å². The van der Waals surface area contributed by atoms with Gasteiger partial charge in [0.1, 0.15) is 6.04 Å². The van der Waals surface area contributed by atoms with E-state index in [-0.39, 0.29) is 24.8 Å². The van der Waals surface area contributed by atoms with Gasteiger partial charge in [-0.25, -0.2) is 4.98 Å². The van der Waals surface area contributed by atoms with E-state index in [0.717, 1.165) is 22.8 Å². The zero-order valence-electron chi connectivity index (χ0n) is 25.2. The predicted molar refractivity (Wildman–Crippen MR) is 169 cm³/mol. The SMILES string of the molecule is CC(C)C[C@@H](CO)NC(=O)[C@H](Cc1c[nH]cn1)NC(=O)C(CCOCCc1ccccc1)Cc1cccc2ccccc12. The third-order valence-corrected chi connectivity index (χ3v) is 7.63. The van der Waals surface area contributed by atoms with Crippen LogP contribution in [0, 0.1) is 11.8 Å². The summed E-state index contributed by atoms with van der Waals surface area (Å²) in [7, 11) is 0. The van der Waals surface area contributed by atoms with E-state index in [1.165, 1.54) is 5.56 Å². The van der Waals surface area contributed by atoms with Crippen molar-refractivity contribution in [2.24, 2.45) is 11.8 Å². The summed E-state index contributed by atoms with van der Waals surface area (Å²) in [5.74, 6) is -0.663. The van der Waals surface area contributed by atoms with Crippen molar-refractivity contribution in [1.82, 2.24) is 20.6 Å². The first-order valence-electron chi connectivity index (χ1n) is 15.2. The highest BCUT2D eigenvalue weighted by Crippen LogP contribution is 2.23. The lowest BCUT2D eigenvalue weighted by Crippen LogP contribution is -2.53. The normalized spacial score (nSPS) is 13.5. The van der Waals surface area contributed by atoms with Gasteiger partial charge in [-0.2, -0.15) is 0 Å². The van der Waals surface area contributed by atoms with E-state index in [4.69, 9.17) is 4.74 Å². The van der Waals surface area contributed by atoms with E-state index in [1.807, 2.05) is 50.2 Å². The zero-order chi connectivity index (χ0) is 30.4. The maximum atomic E-state index is 13.9. The number of aromatic amines is 1. The highest BCUT2D eigenvalue weighted by molar-refractivity contribution is 5.90. The molecular formula is C35H44N4O4. The number of imidazole rings is 1. The van der Waals surface area contributed by atoms with Gasteiger partial charge < -0.3 is 25.5 Å². The summed E-state index contributed by atoms with van der Waals surface area (Å²) in [5, 5.41) is 18.1. The van der Waals surface area contributed by atoms with Gasteiger partial charge >= 0.3 is 0 Å². The standard InChI is InChI=1S/C35H44N4O4/c1-25(2)19-31(23-40)38-35(42)33(21-30-22-36-24-37-30)39-34(41)29(16-18-43-17-15-26-9-4-3-5-10-26)20-28-13-8-12-27-11-6-7-14-32(27)28/h3-14,22,24-25,29,31,33,40H,15-21,23H2,1-2H3,(H,36,37)(H,38,42)(H,39,41)/t29?,31-,33-/m0/s1. The number of H-pyrrole nitrogens is 1. The Balaban J connectivity index is 1.49. The molecule has 8 nitrogen and oxygen atoms in total. The fourth-order valence-electron chi connectivity index (χ4n) is 5.38. The number of ether oxygens (including phenoxy) is 1. The van der Waals surface area contributed by atoms with Gasteiger partial charge in [-0.1, -0.05) is 86.6 Å². The molecule has 3 atom stereocenters. The number of fused-ring (bicyclic) bond motifs is 1. The molecule has 0 aliphatic carbocycles. The van der Waals surface area contributed by atoms with Gasteiger partial charge in [0.25, 0.3) is 0 Å². The van der Waals surface area contributed by atoms with Crippen LogP contribution in [0.4, 0.5) is 0 Å². The Hall–Kier alpha value is -4.01. The van der Waals surface area contributed by atoms with Gasteiger partial charge in [-0.15, -0.1) is 0 Å². The minimum Gasteiger partial charge on any atom is -0.394 e. The second kappa shape index (κ2) is 16.6. The number of nitrogens with one attached hydrogen (secondary N) is 3. The van der Waals surface area contributed by atoms with Crippen LogP contribution >= 0.6 is 0 Å². The van der Waals surface area contributed by atoms with Crippen LogP contribution in [0.25, 0.3) is 10.8 Å². The van der Waals surface area contributed by atoms with Crippen molar-refractivity contribution in [3.63, 3.8) is 0 Å². The van der Waals surface area contributed by atoms with E-state index >= 15 is 0 Å². The van der Waals surface area contributed by atoms with Gasteiger partial charge in [-0.05, 0) is 53.5 Å². The van der Waals surface area contributed by atoms with Crippen LogP contribution in [-0.2, 0) is 33.6 Å². The van der Waals surface area contributed by atoms with Crippen molar-refractivity contribution >= 4 is 22.6 Å². The van der Waals surface area contributed by atoms with Crippen LogP contribution in [0.1, 0.15) is 43.5 Å². The van der Waals surface area contributed by atoms with Crippen molar-refractivity contribution in [2.75, 3.05) is 19.8 Å². The molecule has 1 aromatic heterocycles. The Morgan fingerprint density at radius 1 is 0.907 bits per heavy atom. The molecule has 228 valence electrons. The molecule has 1 unspecified atom stereocenters. The summed E-state index contributed by atoms with van der Waals surface area (Å²) in [4.78, 5) is 34.6. The Kier molecular flexibility index (Phi) is 12.3. The number of rotatable bonds is 17. The molecule has 0 saturated heterocycles. The van der Waals surface area contributed by atoms with Crippen LogP contribution < -0.4 is 10.6 Å². The molecule has 1 heterocycles. The smallest absolute Gasteiger partial charge is 0.243 e. The number of hydrogen-bond acceptors (Lipinski definition) is 5. The Bertz CT molecular complexity index is 1400. The monoisotopic (exact) mass is 584 g/mol. The summed E-state index contributed by atoms with van der Waals surface area (Å²) in [6.07, 6.45) is 5.96. The molecule has 0 radical (unpaired) electrons. The lowest BCUT2D eigenvalue weighted by molar-refractivity contribution is -0.132. The fraction of sp³-hybridized carbons (Fsp3) is 0.400. The van der Waals surface area contributed by atoms with E-state index < -0.39 is 18.0 Å². The molecule has 8 heteroatoms. The second-order valence-corrected chi connectivity index (χ2v) is 11.5. The summed E-state index contributed by atoms with van der Waals surface area (Å²) in [6, 6.07) is 23.2. The van der Waals surface area contributed by atoms with Gasteiger partial charge in [0.15, 0.2) is 0 Å². The Morgan fingerprint density at radius 2 is 1.67 bits per heavy atom. The van der Waals surface area contributed by atoms with Crippen molar-refractivity contribution < 1.29 is 19.4 Å². The first kappa shape index (κ1) is 31.9. The number of benzene rings is 3. The van der Waals surface area contributed by atoms with E-state index in [0.29, 0.717) is 44.1 Å². The Morgan fingerprint density at radius 3 is 2.42 bits per heavy atom. The van der Waals surface area contributed by atoms with E-state index in [2.05, 4.69) is 57.0 Å².